The molecule has 2 aromatic carbocycles. The van der Waals surface area contributed by atoms with Crippen molar-refractivity contribution in [3.05, 3.63) is 82.9 Å². The van der Waals surface area contributed by atoms with Crippen LogP contribution in [-0.2, 0) is 16.1 Å². The molecule has 0 bridgehead atoms. The van der Waals surface area contributed by atoms with Crippen LogP contribution in [-0.4, -0.2) is 55.9 Å². The number of benzene rings is 2. The van der Waals surface area contributed by atoms with Crippen LogP contribution in [0.4, 0.5) is 15.9 Å². The van der Waals surface area contributed by atoms with Gasteiger partial charge in [0.1, 0.15) is 29.4 Å². The van der Waals surface area contributed by atoms with Crippen LogP contribution in [0.1, 0.15) is 40.1 Å². The van der Waals surface area contributed by atoms with E-state index >= 15 is 0 Å². The molecule has 0 spiro atoms. The second-order valence-electron chi connectivity index (χ2n) is 9.50. The third kappa shape index (κ3) is 6.17. The van der Waals surface area contributed by atoms with E-state index in [1.165, 1.54) is 33.8 Å². The van der Waals surface area contributed by atoms with E-state index in [0.29, 0.717) is 29.6 Å². The zero-order chi connectivity index (χ0) is 29.1. The minimum absolute atomic E-state index is 0.0883. The quantitative estimate of drug-likeness (QED) is 0.285. The van der Waals surface area contributed by atoms with Crippen LogP contribution in [0.2, 0.25) is 5.15 Å². The van der Waals surface area contributed by atoms with Crippen molar-refractivity contribution in [2.75, 3.05) is 17.2 Å². The standard InChI is InChI=1S/C28H25ClFN7O4/c29-22-8-4-9-23(33-22)34-28(41)21-7-1-2-12-36(21)24(38)15-37-20-11-10-18(14-19(20)25(35-37)26(31)39)32-27(40)16-5-3-6-17(30)13-16/h3-6,8-11,13-14,21H,1-2,7,12,15H2,(H2,31,39)(H,32,40)(H,33,34,41)/t21-/m0/s1. The molecular formula is C28H25ClFN7O4. The number of hydrogen-bond donors (Lipinski definition) is 3. The van der Waals surface area contributed by atoms with Crippen molar-refractivity contribution >= 4 is 57.6 Å². The molecule has 1 aliphatic rings. The van der Waals surface area contributed by atoms with Crippen LogP contribution in [0.3, 0.4) is 0 Å². The summed E-state index contributed by atoms with van der Waals surface area (Å²) >= 11 is 5.92. The molecule has 0 unspecified atom stereocenters. The molecule has 4 N–H and O–H groups in total. The Kier molecular flexibility index (Phi) is 7.92. The smallest absolute Gasteiger partial charge is 0.269 e. The Labute approximate surface area is 238 Å². The normalized spacial score (nSPS) is 15.0. The third-order valence-corrected chi connectivity index (χ3v) is 6.92. The Balaban J connectivity index is 1.36. The number of likely N-dealkylation sites (tertiary alicyclic amines) is 1. The van der Waals surface area contributed by atoms with E-state index in [4.69, 9.17) is 17.3 Å². The van der Waals surface area contributed by atoms with Crippen LogP contribution in [0.15, 0.2) is 60.7 Å². The number of primary amides is 1. The van der Waals surface area contributed by atoms with E-state index in [1.54, 1.807) is 30.3 Å². The molecule has 1 atom stereocenters. The largest absolute Gasteiger partial charge is 0.364 e. The molecule has 4 amide bonds. The highest BCUT2D eigenvalue weighted by Gasteiger charge is 2.33. The van der Waals surface area contributed by atoms with Crippen LogP contribution in [0.25, 0.3) is 10.9 Å². The maximum Gasteiger partial charge on any atom is 0.269 e. The summed E-state index contributed by atoms with van der Waals surface area (Å²) in [6.45, 7) is 0.121. The topological polar surface area (TPSA) is 152 Å². The fraction of sp³-hybridized carbons (Fsp3) is 0.214. The minimum Gasteiger partial charge on any atom is -0.364 e. The van der Waals surface area contributed by atoms with E-state index in [2.05, 4.69) is 20.7 Å². The number of nitrogens with zero attached hydrogens (tertiary/aromatic N) is 4. The highest BCUT2D eigenvalue weighted by Crippen LogP contribution is 2.25. The number of nitrogens with two attached hydrogens (primary N) is 1. The van der Waals surface area contributed by atoms with Gasteiger partial charge in [-0.1, -0.05) is 23.7 Å². The molecular weight excluding hydrogens is 553 g/mol. The monoisotopic (exact) mass is 577 g/mol. The summed E-state index contributed by atoms with van der Waals surface area (Å²) in [5, 5.41) is 10.2. The highest BCUT2D eigenvalue weighted by atomic mass is 35.5. The Morgan fingerprint density at radius 1 is 1.02 bits per heavy atom. The Hall–Kier alpha value is -4.84. The number of pyridine rings is 1. The van der Waals surface area contributed by atoms with E-state index in [1.807, 2.05) is 0 Å². The van der Waals surface area contributed by atoms with Gasteiger partial charge in [0.15, 0.2) is 5.69 Å². The molecule has 0 radical (unpaired) electrons. The summed E-state index contributed by atoms with van der Waals surface area (Å²) in [6, 6.07) is 14.0. The molecule has 2 aromatic heterocycles. The Morgan fingerprint density at radius 3 is 2.59 bits per heavy atom. The second kappa shape index (κ2) is 11.7. The van der Waals surface area contributed by atoms with Crippen molar-refractivity contribution in [2.24, 2.45) is 5.73 Å². The first-order valence-corrected chi connectivity index (χ1v) is 13.2. The second-order valence-corrected chi connectivity index (χ2v) is 9.89. The van der Waals surface area contributed by atoms with Gasteiger partial charge in [-0.3, -0.25) is 23.9 Å². The van der Waals surface area contributed by atoms with Crippen LogP contribution >= 0.6 is 11.6 Å². The fourth-order valence-corrected chi connectivity index (χ4v) is 4.97. The third-order valence-electron chi connectivity index (χ3n) is 6.71. The van der Waals surface area contributed by atoms with Gasteiger partial charge in [0, 0.05) is 23.2 Å². The number of halogens is 2. The number of rotatable bonds is 7. The zero-order valence-corrected chi connectivity index (χ0v) is 22.4. The van der Waals surface area contributed by atoms with Gasteiger partial charge < -0.3 is 21.3 Å². The van der Waals surface area contributed by atoms with Gasteiger partial charge in [0.2, 0.25) is 11.8 Å². The summed E-state index contributed by atoms with van der Waals surface area (Å²) in [5.74, 6) is -2.38. The summed E-state index contributed by atoms with van der Waals surface area (Å²) in [7, 11) is 0. The van der Waals surface area contributed by atoms with Gasteiger partial charge in [0.25, 0.3) is 11.8 Å². The summed E-state index contributed by atoms with van der Waals surface area (Å²) < 4.78 is 14.9. The predicted octanol–water partition coefficient (Wildman–Crippen LogP) is 3.59. The maximum atomic E-state index is 13.5. The number of fused-ring (bicyclic) bond motifs is 1. The SMILES string of the molecule is NC(=O)c1nn(CC(=O)N2CCCC[C@H]2C(=O)Nc2cccc(Cl)n2)c2ccc(NC(=O)c3cccc(F)c3)cc12. The summed E-state index contributed by atoms with van der Waals surface area (Å²) in [5.41, 5.74) is 6.34. The lowest BCUT2D eigenvalue weighted by molar-refractivity contribution is -0.141. The van der Waals surface area contributed by atoms with Crippen molar-refractivity contribution in [3.63, 3.8) is 0 Å². The molecule has 5 rings (SSSR count). The first-order chi connectivity index (χ1) is 19.7. The fourth-order valence-electron chi connectivity index (χ4n) is 4.80. The van der Waals surface area contributed by atoms with Gasteiger partial charge in [-0.05, 0) is 67.8 Å². The number of piperidine rings is 1. The zero-order valence-electron chi connectivity index (χ0n) is 21.6. The summed E-state index contributed by atoms with van der Waals surface area (Å²) in [6.07, 6.45) is 1.97. The Morgan fingerprint density at radius 2 is 1.83 bits per heavy atom. The van der Waals surface area contributed by atoms with Gasteiger partial charge in [-0.15, -0.1) is 0 Å². The lowest BCUT2D eigenvalue weighted by Gasteiger charge is -2.34. The molecule has 1 fully saturated rings. The molecule has 210 valence electrons. The highest BCUT2D eigenvalue weighted by molar-refractivity contribution is 6.29. The Bertz CT molecular complexity index is 1670. The number of anilines is 2. The van der Waals surface area contributed by atoms with E-state index in [9.17, 15) is 23.6 Å². The first-order valence-electron chi connectivity index (χ1n) is 12.8. The van der Waals surface area contributed by atoms with Crippen molar-refractivity contribution in [3.8, 4) is 0 Å². The van der Waals surface area contributed by atoms with Gasteiger partial charge in [0.05, 0.1) is 5.52 Å². The van der Waals surface area contributed by atoms with Gasteiger partial charge in [-0.25, -0.2) is 9.37 Å². The number of carbonyl (C=O) groups is 4. The van der Waals surface area contributed by atoms with Gasteiger partial charge in [-0.2, -0.15) is 5.10 Å². The molecule has 13 heteroatoms. The summed E-state index contributed by atoms with van der Waals surface area (Å²) in [4.78, 5) is 56.9. The molecule has 4 aromatic rings. The molecule has 3 heterocycles. The molecule has 41 heavy (non-hydrogen) atoms. The minimum atomic E-state index is -0.820. The molecule has 1 aliphatic heterocycles. The number of aromatic nitrogens is 3. The van der Waals surface area contributed by atoms with E-state index < -0.39 is 23.7 Å². The van der Waals surface area contributed by atoms with Crippen LogP contribution in [0.5, 0.6) is 0 Å². The number of nitrogens with one attached hydrogen (secondary N) is 2. The lowest BCUT2D eigenvalue weighted by Crippen LogP contribution is -2.51. The van der Waals surface area contributed by atoms with Crippen LogP contribution < -0.4 is 16.4 Å². The molecule has 1 saturated heterocycles. The van der Waals surface area contributed by atoms with Crippen molar-refractivity contribution < 1.29 is 23.6 Å². The maximum absolute atomic E-state index is 13.5. The first kappa shape index (κ1) is 27.7. The predicted molar refractivity (Wildman–Crippen MR) is 150 cm³/mol. The average molecular weight is 578 g/mol. The van der Waals surface area contributed by atoms with Crippen LogP contribution in [0, 0.1) is 5.82 Å². The average Bonchev–Trinajstić information content (AvgIpc) is 3.30. The van der Waals surface area contributed by atoms with Crippen molar-refractivity contribution in [1.29, 1.82) is 0 Å². The van der Waals surface area contributed by atoms with Crippen molar-refractivity contribution in [1.82, 2.24) is 19.7 Å². The van der Waals surface area contributed by atoms with E-state index in [0.717, 1.165) is 18.9 Å². The molecule has 11 nitrogen and oxygen atoms in total. The number of carbonyl (C=O) groups excluding carboxylic acids is 4. The van der Waals surface area contributed by atoms with Crippen molar-refractivity contribution in [2.45, 2.75) is 31.8 Å². The molecule has 0 saturated carbocycles. The number of hydrogen-bond acceptors (Lipinski definition) is 6. The van der Waals surface area contributed by atoms with Gasteiger partial charge >= 0.3 is 0 Å². The number of amides is 4. The molecule has 0 aliphatic carbocycles. The van der Waals surface area contributed by atoms with E-state index in [-0.39, 0.29) is 40.6 Å². The lowest BCUT2D eigenvalue weighted by atomic mass is 10.0.